The van der Waals surface area contributed by atoms with E-state index in [1.54, 1.807) is 31.7 Å². The summed E-state index contributed by atoms with van der Waals surface area (Å²) in [6.45, 7) is 8.89. The minimum atomic E-state index is -3.86. The molecule has 0 atom stereocenters. The summed E-state index contributed by atoms with van der Waals surface area (Å²) in [5, 5.41) is 0.713. The van der Waals surface area contributed by atoms with Crippen LogP contribution in [0.5, 0.6) is 5.75 Å². The molecule has 1 aliphatic heterocycles. The first kappa shape index (κ1) is 25.5. The SMILES string of the molecule is COc1ccc(C(=O)N2CCCN(Cc3ccc(Cl)cc3)CC2)cc1S(=O)(=O)NC(C)(C)C. The molecule has 3 rings (SSSR count). The van der Waals surface area contributed by atoms with Crippen molar-refractivity contribution in [2.45, 2.75) is 44.2 Å². The Morgan fingerprint density at radius 1 is 1.06 bits per heavy atom. The van der Waals surface area contributed by atoms with Crippen LogP contribution in [0.2, 0.25) is 5.02 Å². The Labute approximate surface area is 201 Å². The number of benzene rings is 2. The molecule has 7 nitrogen and oxygen atoms in total. The minimum Gasteiger partial charge on any atom is -0.495 e. The molecule has 180 valence electrons. The Kier molecular flexibility index (Phi) is 8.05. The number of hydrogen-bond donors (Lipinski definition) is 1. The molecule has 1 N–H and O–H groups in total. The zero-order valence-electron chi connectivity index (χ0n) is 19.6. The molecule has 0 spiro atoms. The smallest absolute Gasteiger partial charge is 0.253 e. The van der Waals surface area contributed by atoms with Crippen molar-refractivity contribution >= 4 is 27.5 Å². The van der Waals surface area contributed by atoms with Crippen LogP contribution < -0.4 is 9.46 Å². The highest BCUT2D eigenvalue weighted by Crippen LogP contribution is 2.27. The van der Waals surface area contributed by atoms with Crippen LogP contribution in [-0.2, 0) is 16.6 Å². The number of nitrogens with zero attached hydrogens (tertiary/aromatic N) is 2. The predicted molar refractivity (Wildman–Crippen MR) is 130 cm³/mol. The third-order valence-corrected chi connectivity index (χ3v) is 7.37. The molecule has 1 saturated heterocycles. The molecule has 33 heavy (non-hydrogen) atoms. The van der Waals surface area contributed by atoms with E-state index >= 15 is 0 Å². The normalized spacial score (nSPS) is 15.8. The van der Waals surface area contributed by atoms with E-state index in [0.717, 1.165) is 26.1 Å². The van der Waals surface area contributed by atoms with Gasteiger partial charge in [0.05, 0.1) is 7.11 Å². The molecule has 1 aliphatic rings. The number of nitrogens with one attached hydrogen (secondary N) is 1. The summed E-state index contributed by atoms with van der Waals surface area (Å²) in [4.78, 5) is 17.3. The Bertz CT molecular complexity index is 1080. The number of ether oxygens (including phenoxy) is 1. The van der Waals surface area contributed by atoms with Gasteiger partial charge in [0, 0.05) is 48.8 Å². The van der Waals surface area contributed by atoms with Crippen LogP contribution in [0.4, 0.5) is 0 Å². The summed E-state index contributed by atoms with van der Waals surface area (Å²) in [6.07, 6.45) is 0.840. The molecule has 0 aromatic heterocycles. The van der Waals surface area contributed by atoms with Crippen molar-refractivity contribution in [1.29, 1.82) is 0 Å². The molecule has 1 fully saturated rings. The second kappa shape index (κ2) is 10.4. The first-order valence-electron chi connectivity index (χ1n) is 11.0. The summed E-state index contributed by atoms with van der Waals surface area (Å²) in [6, 6.07) is 12.4. The van der Waals surface area contributed by atoms with Gasteiger partial charge in [0.1, 0.15) is 10.6 Å². The van der Waals surface area contributed by atoms with Gasteiger partial charge in [-0.25, -0.2) is 13.1 Å². The number of carbonyl (C=O) groups is 1. The van der Waals surface area contributed by atoms with Gasteiger partial charge in [-0.2, -0.15) is 0 Å². The van der Waals surface area contributed by atoms with Gasteiger partial charge in [-0.05, 0) is 63.1 Å². The third kappa shape index (κ3) is 6.93. The Morgan fingerprint density at radius 2 is 1.76 bits per heavy atom. The van der Waals surface area contributed by atoms with Crippen molar-refractivity contribution in [3.63, 3.8) is 0 Å². The second-order valence-electron chi connectivity index (χ2n) is 9.27. The molecular formula is C24H32ClN3O4S. The van der Waals surface area contributed by atoms with Crippen LogP contribution >= 0.6 is 11.6 Å². The van der Waals surface area contributed by atoms with Gasteiger partial charge in [-0.15, -0.1) is 0 Å². The van der Waals surface area contributed by atoms with Crippen molar-refractivity contribution < 1.29 is 17.9 Å². The number of hydrogen-bond acceptors (Lipinski definition) is 5. The lowest BCUT2D eigenvalue weighted by atomic mass is 10.1. The Balaban J connectivity index is 1.74. The lowest BCUT2D eigenvalue weighted by Gasteiger charge is -2.23. The molecule has 9 heteroatoms. The van der Waals surface area contributed by atoms with Crippen molar-refractivity contribution in [1.82, 2.24) is 14.5 Å². The number of sulfonamides is 1. The minimum absolute atomic E-state index is 0.0371. The summed E-state index contributed by atoms with van der Waals surface area (Å²) in [5.41, 5.74) is 0.842. The van der Waals surface area contributed by atoms with E-state index in [1.165, 1.54) is 24.8 Å². The van der Waals surface area contributed by atoms with Crippen LogP contribution in [-0.4, -0.2) is 63.0 Å². The highest BCUT2D eigenvalue weighted by Gasteiger charge is 2.28. The average Bonchev–Trinajstić information content (AvgIpc) is 2.98. The van der Waals surface area contributed by atoms with Crippen molar-refractivity contribution in [3.05, 3.63) is 58.6 Å². The monoisotopic (exact) mass is 493 g/mol. The molecule has 0 aliphatic carbocycles. The molecule has 1 amide bonds. The number of amides is 1. The molecule has 2 aromatic carbocycles. The zero-order valence-corrected chi connectivity index (χ0v) is 21.2. The maximum Gasteiger partial charge on any atom is 0.253 e. The Hall–Kier alpha value is -2.13. The van der Waals surface area contributed by atoms with Crippen LogP contribution in [0.15, 0.2) is 47.4 Å². The molecule has 0 saturated carbocycles. The zero-order chi connectivity index (χ0) is 24.2. The summed E-state index contributed by atoms with van der Waals surface area (Å²) in [7, 11) is -2.45. The van der Waals surface area contributed by atoms with E-state index in [4.69, 9.17) is 16.3 Å². The maximum atomic E-state index is 13.3. The van der Waals surface area contributed by atoms with Crippen molar-refractivity contribution in [3.8, 4) is 5.75 Å². The highest BCUT2D eigenvalue weighted by molar-refractivity contribution is 7.89. The topological polar surface area (TPSA) is 79.0 Å². The molecule has 1 heterocycles. The van der Waals surface area contributed by atoms with E-state index < -0.39 is 15.6 Å². The third-order valence-electron chi connectivity index (χ3n) is 5.34. The Morgan fingerprint density at radius 3 is 2.39 bits per heavy atom. The van der Waals surface area contributed by atoms with Crippen molar-refractivity contribution in [2.75, 3.05) is 33.3 Å². The maximum absolute atomic E-state index is 13.3. The number of carbonyl (C=O) groups excluding carboxylic acids is 1. The van der Waals surface area contributed by atoms with E-state index in [9.17, 15) is 13.2 Å². The first-order valence-corrected chi connectivity index (χ1v) is 12.8. The molecule has 0 bridgehead atoms. The molecular weight excluding hydrogens is 462 g/mol. The van der Waals surface area contributed by atoms with Gasteiger partial charge in [-0.3, -0.25) is 9.69 Å². The lowest BCUT2D eigenvalue weighted by Crippen LogP contribution is -2.40. The summed E-state index contributed by atoms with van der Waals surface area (Å²) >= 11 is 5.98. The quantitative estimate of drug-likeness (QED) is 0.662. The van der Waals surface area contributed by atoms with Gasteiger partial charge in [0.15, 0.2) is 0 Å². The summed E-state index contributed by atoms with van der Waals surface area (Å²) in [5.74, 6) is 0.0199. The first-order chi connectivity index (χ1) is 15.5. The van der Waals surface area contributed by atoms with E-state index in [1.807, 2.05) is 24.3 Å². The van der Waals surface area contributed by atoms with Crippen molar-refractivity contribution in [2.24, 2.45) is 0 Å². The fourth-order valence-electron chi connectivity index (χ4n) is 3.84. The average molecular weight is 494 g/mol. The van der Waals surface area contributed by atoms with Gasteiger partial charge in [-0.1, -0.05) is 23.7 Å². The second-order valence-corrected chi connectivity index (χ2v) is 11.4. The predicted octanol–water partition coefficient (Wildman–Crippen LogP) is 3.77. The standard InChI is InChI=1S/C24H32ClN3O4S/c1-24(2,3)26-33(30,31)22-16-19(8-11-21(22)32-4)23(29)28-13-5-12-27(14-15-28)17-18-6-9-20(25)10-7-18/h6-11,16,26H,5,12-15,17H2,1-4H3. The van der Waals surface area contributed by atoms with E-state index in [2.05, 4.69) is 9.62 Å². The van der Waals surface area contributed by atoms with Crippen LogP contribution in [0, 0.1) is 0 Å². The molecule has 0 unspecified atom stereocenters. The van der Waals surface area contributed by atoms with Gasteiger partial charge >= 0.3 is 0 Å². The van der Waals surface area contributed by atoms with Crippen LogP contribution in [0.1, 0.15) is 43.1 Å². The van der Waals surface area contributed by atoms with Crippen LogP contribution in [0.25, 0.3) is 0 Å². The highest BCUT2D eigenvalue weighted by atomic mass is 35.5. The molecule has 0 radical (unpaired) electrons. The van der Waals surface area contributed by atoms with Gasteiger partial charge < -0.3 is 9.64 Å². The fourth-order valence-corrected chi connectivity index (χ4v) is 5.58. The number of halogens is 1. The lowest BCUT2D eigenvalue weighted by molar-refractivity contribution is 0.0761. The number of methoxy groups -OCH3 is 1. The number of rotatable bonds is 6. The fraction of sp³-hybridized carbons (Fsp3) is 0.458. The largest absolute Gasteiger partial charge is 0.495 e. The van der Waals surface area contributed by atoms with Crippen LogP contribution in [0.3, 0.4) is 0 Å². The summed E-state index contributed by atoms with van der Waals surface area (Å²) < 4.78 is 33.8. The van der Waals surface area contributed by atoms with Gasteiger partial charge in [0.25, 0.3) is 5.91 Å². The molecule has 2 aromatic rings. The van der Waals surface area contributed by atoms with E-state index in [0.29, 0.717) is 23.7 Å². The van der Waals surface area contributed by atoms with Gasteiger partial charge in [0.2, 0.25) is 10.0 Å². The van der Waals surface area contributed by atoms with E-state index in [-0.39, 0.29) is 16.6 Å².